The van der Waals surface area contributed by atoms with Crippen LogP contribution in [-0.2, 0) is 0 Å². The van der Waals surface area contributed by atoms with Gasteiger partial charge in [-0.1, -0.05) is 38.7 Å². The first-order chi connectivity index (χ1) is 8.13. The summed E-state index contributed by atoms with van der Waals surface area (Å²) in [6.45, 7) is 6.61. The second kappa shape index (κ2) is 7.21. The predicted octanol–water partition coefficient (Wildman–Crippen LogP) is 4.35. The normalized spacial score (nSPS) is 12.4. The lowest BCUT2D eigenvalue weighted by Gasteiger charge is -2.17. The van der Waals surface area contributed by atoms with Crippen LogP contribution in [0.5, 0.6) is 0 Å². The third-order valence-electron chi connectivity index (χ3n) is 3.15. The molecule has 1 unspecified atom stereocenters. The highest BCUT2D eigenvalue weighted by molar-refractivity contribution is 5.59. The van der Waals surface area contributed by atoms with E-state index in [0.29, 0.717) is 6.04 Å². The molecule has 17 heavy (non-hydrogen) atoms. The van der Waals surface area contributed by atoms with Gasteiger partial charge < -0.3 is 11.1 Å². The van der Waals surface area contributed by atoms with E-state index >= 15 is 0 Å². The Morgan fingerprint density at radius 3 is 2.71 bits per heavy atom. The Morgan fingerprint density at radius 1 is 1.24 bits per heavy atom. The van der Waals surface area contributed by atoms with Crippen molar-refractivity contribution in [3.8, 4) is 0 Å². The van der Waals surface area contributed by atoms with E-state index in [9.17, 15) is 0 Å². The summed E-state index contributed by atoms with van der Waals surface area (Å²) in [4.78, 5) is 0. The zero-order valence-electron chi connectivity index (χ0n) is 11.4. The molecule has 96 valence electrons. The van der Waals surface area contributed by atoms with Crippen molar-refractivity contribution < 1.29 is 0 Å². The predicted molar refractivity (Wildman–Crippen MR) is 77.4 cm³/mol. The van der Waals surface area contributed by atoms with E-state index in [1.54, 1.807) is 0 Å². The van der Waals surface area contributed by atoms with Gasteiger partial charge in [0.15, 0.2) is 0 Å². The maximum atomic E-state index is 5.80. The molecule has 0 saturated heterocycles. The van der Waals surface area contributed by atoms with Gasteiger partial charge in [-0.05, 0) is 38.0 Å². The Balaban J connectivity index is 2.39. The minimum absolute atomic E-state index is 0.521. The van der Waals surface area contributed by atoms with Crippen LogP contribution in [-0.4, -0.2) is 6.04 Å². The fourth-order valence-electron chi connectivity index (χ4n) is 2.01. The van der Waals surface area contributed by atoms with E-state index in [2.05, 4.69) is 32.2 Å². The molecule has 0 saturated carbocycles. The van der Waals surface area contributed by atoms with Crippen LogP contribution >= 0.6 is 0 Å². The molecule has 1 aromatic carbocycles. The highest BCUT2D eigenvalue weighted by atomic mass is 14.9. The van der Waals surface area contributed by atoms with Crippen LogP contribution in [0.4, 0.5) is 11.4 Å². The number of nitrogen functional groups attached to an aromatic ring is 1. The monoisotopic (exact) mass is 234 g/mol. The van der Waals surface area contributed by atoms with Crippen molar-refractivity contribution in [3.05, 3.63) is 23.8 Å². The molecule has 0 aromatic heterocycles. The number of nitrogens with one attached hydrogen (secondary N) is 1. The van der Waals surface area contributed by atoms with E-state index in [1.807, 2.05) is 12.1 Å². The minimum Gasteiger partial charge on any atom is -0.399 e. The molecule has 0 aliphatic rings. The number of hydrogen-bond donors (Lipinski definition) is 2. The van der Waals surface area contributed by atoms with E-state index in [0.717, 1.165) is 5.69 Å². The van der Waals surface area contributed by atoms with E-state index in [-0.39, 0.29) is 0 Å². The number of unbranched alkanes of at least 4 members (excludes halogenated alkanes) is 3. The Hall–Kier alpha value is -1.18. The average Bonchev–Trinajstić information content (AvgIpc) is 2.29. The van der Waals surface area contributed by atoms with Crippen LogP contribution in [0, 0.1) is 6.92 Å². The lowest BCUT2D eigenvalue weighted by Crippen LogP contribution is -2.15. The molecule has 2 nitrogen and oxygen atoms in total. The van der Waals surface area contributed by atoms with Gasteiger partial charge in [-0.2, -0.15) is 0 Å². The van der Waals surface area contributed by atoms with E-state index < -0.39 is 0 Å². The third-order valence-corrected chi connectivity index (χ3v) is 3.15. The summed E-state index contributed by atoms with van der Waals surface area (Å²) in [7, 11) is 0. The number of anilines is 2. The first kappa shape index (κ1) is 13.9. The van der Waals surface area contributed by atoms with Crippen molar-refractivity contribution in [2.75, 3.05) is 11.1 Å². The Labute approximate surface area is 106 Å². The summed E-state index contributed by atoms with van der Waals surface area (Å²) in [5.41, 5.74) is 9.07. The van der Waals surface area contributed by atoms with Gasteiger partial charge in [-0.3, -0.25) is 0 Å². The molecule has 2 heteroatoms. The molecule has 1 aromatic rings. The molecule has 0 heterocycles. The standard InChI is InChI=1S/C15H26N2/c1-4-5-6-7-8-13(3)17-15-11-14(16)10-9-12(15)2/h9-11,13,17H,4-8,16H2,1-3H3. The number of hydrogen-bond acceptors (Lipinski definition) is 2. The maximum absolute atomic E-state index is 5.80. The Bertz CT molecular complexity index is 334. The molecule has 0 aliphatic carbocycles. The molecule has 0 radical (unpaired) electrons. The van der Waals surface area contributed by atoms with Crippen molar-refractivity contribution in [2.45, 2.75) is 58.9 Å². The molecule has 0 amide bonds. The highest BCUT2D eigenvalue weighted by Gasteiger charge is 2.04. The summed E-state index contributed by atoms with van der Waals surface area (Å²) in [5, 5.41) is 3.55. The first-order valence-corrected chi connectivity index (χ1v) is 6.76. The molecule has 3 N–H and O–H groups in total. The molecule has 0 fully saturated rings. The van der Waals surface area contributed by atoms with Gasteiger partial charge in [0.1, 0.15) is 0 Å². The molecular formula is C15H26N2. The zero-order valence-corrected chi connectivity index (χ0v) is 11.4. The topological polar surface area (TPSA) is 38.0 Å². The van der Waals surface area contributed by atoms with Gasteiger partial charge in [0.05, 0.1) is 0 Å². The number of nitrogens with two attached hydrogens (primary N) is 1. The minimum atomic E-state index is 0.521. The van der Waals surface area contributed by atoms with Crippen LogP contribution in [0.1, 0.15) is 51.5 Å². The molecule has 0 spiro atoms. The fourth-order valence-corrected chi connectivity index (χ4v) is 2.01. The van der Waals surface area contributed by atoms with E-state index in [1.165, 1.54) is 43.4 Å². The van der Waals surface area contributed by atoms with Gasteiger partial charge in [-0.15, -0.1) is 0 Å². The fraction of sp³-hybridized carbons (Fsp3) is 0.600. The summed E-state index contributed by atoms with van der Waals surface area (Å²) >= 11 is 0. The highest BCUT2D eigenvalue weighted by Crippen LogP contribution is 2.20. The van der Waals surface area contributed by atoms with Crippen LogP contribution in [0.15, 0.2) is 18.2 Å². The maximum Gasteiger partial charge on any atom is 0.0392 e. The van der Waals surface area contributed by atoms with Crippen LogP contribution in [0.25, 0.3) is 0 Å². The zero-order chi connectivity index (χ0) is 12.7. The van der Waals surface area contributed by atoms with Crippen molar-refractivity contribution in [3.63, 3.8) is 0 Å². The molecule has 0 aliphatic heterocycles. The van der Waals surface area contributed by atoms with Crippen molar-refractivity contribution in [1.82, 2.24) is 0 Å². The number of aryl methyl sites for hydroxylation is 1. The van der Waals surface area contributed by atoms with Crippen LogP contribution < -0.4 is 11.1 Å². The van der Waals surface area contributed by atoms with Crippen molar-refractivity contribution in [2.24, 2.45) is 0 Å². The molecule has 0 bridgehead atoms. The van der Waals surface area contributed by atoms with Gasteiger partial charge in [0, 0.05) is 17.4 Å². The second-order valence-corrected chi connectivity index (χ2v) is 4.97. The second-order valence-electron chi connectivity index (χ2n) is 4.97. The van der Waals surface area contributed by atoms with Gasteiger partial charge in [0.2, 0.25) is 0 Å². The number of rotatable bonds is 7. The largest absolute Gasteiger partial charge is 0.399 e. The van der Waals surface area contributed by atoms with Crippen molar-refractivity contribution in [1.29, 1.82) is 0 Å². The van der Waals surface area contributed by atoms with Gasteiger partial charge >= 0.3 is 0 Å². The summed E-state index contributed by atoms with van der Waals surface area (Å²) in [6.07, 6.45) is 6.54. The SMILES string of the molecule is CCCCCCC(C)Nc1cc(N)ccc1C. The third kappa shape index (κ3) is 5.12. The molecule has 1 atom stereocenters. The quantitative estimate of drug-likeness (QED) is 0.544. The summed E-state index contributed by atoms with van der Waals surface area (Å²) < 4.78 is 0. The summed E-state index contributed by atoms with van der Waals surface area (Å²) in [5.74, 6) is 0. The Kier molecular flexibility index (Phi) is 5.88. The smallest absolute Gasteiger partial charge is 0.0392 e. The van der Waals surface area contributed by atoms with Crippen molar-refractivity contribution >= 4 is 11.4 Å². The van der Waals surface area contributed by atoms with Gasteiger partial charge in [-0.25, -0.2) is 0 Å². The molecule has 1 rings (SSSR count). The van der Waals surface area contributed by atoms with Gasteiger partial charge in [0.25, 0.3) is 0 Å². The Morgan fingerprint density at radius 2 is 2.00 bits per heavy atom. The molecular weight excluding hydrogens is 208 g/mol. The van der Waals surface area contributed by atoms with Crippen LogP contribution in [0.3, 0.4) is 0 Å². The first-order valence-electron chi connectivity index (χ1n) is 6.76. The lowest BCUT2D eigenvalue weighted by molar-refractivity contribution is 0.594. The van der Waals surface area contributed by atoms with Crippen LogP contribution in [0.2, 0.25) is 0 Å². The lowest BCUT2D eigenvalue weighted by atomic mass is 10.1. The summed E-state index contributed by atoms with van der Waals surface area (Å²) in [6, 6.07) is 6.57. The average molecular weight is 234 g/mol. The van der Waals surface area contributed by atoms with E-state index in [4.69, 9.17) is 5.73 Å². The number of benzene rings is 1.